The number of carbonyl (C=O) groups excluding carboxylic acids is 2. The van der Waals surface area contributed by atoms with Crippen molar-refractivity contribution in [1.29, 1.82) is 0 Å². The largest absolute Gasteiger partial charge is 0.462 e. The first kappa shape index (κ1) is 26.5. The number of halogens is 1. The van der Waals surface area contributed by atoms with E-state index in [1.165, 1.54) is 5.57 Å². The molecule has 1 heterocycles. The number of rotatable bonds is 6. The average Bonchev–Trinajstić information content (AvgIpc) is 2.65. The number of hydrogen-bond donors (Lipinski definition) is 0. The summed E-state index contributed by atoms with van der Waals surface area (Å²) >= 11 is 5.62. The van der Waals surface area contributed by atoms with Crippen LogP contribution in [0.15, 0.2) is 23.8 Å². The fraction of sp³-hybridized carbons (Fsp3) is 0.769. The molecule has 0 aromatic carbocycles. The second-order valence-corrected chi connectivity index (χ2v) is 16.9. The minimum Gasteiger partial charge on any atom is -0.462 e. The zero-order valence-electron chi connectivity index (χ0n) is 21.2. The summed E-state index contributed by atoms with van der Waals surface area (Å²) in [6.07, 6.45) is 9.85. The summed E-state index contributed by atoms with van der Waals surface area (Å²) < 4.78 is 17.9. The van der Waals surface area contributed by atoms with Crippen LogP contribution in [0.5, 0.6) is 0 Å². The molecule has 1 saturated heterocycles. The summed E-state index contributed by atoms with van der Waals surface area (Å²) in [5.41, 5.74) is 0.501. The van der Waals surface area contributed by atoms with Gasteiger partial charge in [0.1, 0.15) is 12.2 Å². The van der Waals surface area contributed by atoms with Gasteiger partial charge in [0.15, 0.2) is 8.32 Å². The molecular formula is C26H41ClO5Si. The minimum atomic E-state index is -1.96. The lowest BCUT2D eigenvalue weighted by Crippen LogP contribution is -2.47. The maximum absolute atomic E-state index is 12.4. The lowest BCUT2D eigenvalue weighted by Gasteiger charge is -2.43. The van der Waals surface area contributed by atoms with Crippen LogP contribution in [0.25, 0.3) is 0 Å². The lowest BCUT2D eigenvalue weighted by atomic mass is 9.65. The number of allylic oxidation sites excluding steroid dienone is 3. The SMILES string of the molecule is C[C@H]1C=C2C=C[C@H](C)[C@H](CC[C@@H]3C[C@@H](O[Si](C)(C)C(C)(C)C)CC(=O)O3)[C@H]2[C@@H](OC(=O)Cl)C1. The highest BCUT2D eigenvalue weighted by atomic mass is 35.5. The third-order valence-corrected chi connectivity index (χ3v) is 12.8. The summed E-state index contributed by atoms with van der Waals surface area (Å²) in [4.78, 5) is 24.0. The molecule has 0 bridgehead atoms. The van der Waals surface area contributed by atoms with Crippen LogP contribution in [0.4, 0.5) is 4.79 Å². The van der Waals surface area contributed by atoms with Crippen molar-refractivity contribution in [3.05, 3.63) is 23.8 Å². The molecular weight excluding hydrogens is 456 g/mol. The highest BCUT2D eigenvalue weighted by Crippen LogP contribution is 2.45. The molecule has 0 aromatic heterocycles. The first-order chi connectivity index (χ1) is 15.3. The minimum absolute atomic E-state index is 0.0724. The predicted octanol–water partition coefficient (Wildman–Crippen LogP) is 7.01. The fourth-order valence-corrected chi connectivity index (χ4v) is 6.90. The normalized spacial score (nSPS) is 34.8. The monoisotopic (exact) mass is 496 g/mol. The maximum Gasteiger partial charge on any atom is 0.404 e. The third kappa shape index (κ3) is 6.52. The Labute approximate surface area is 205 Å². The van der Waals surface area contributed by atoms with E-state index in [1.807, 2.05) is 0 Å². The van der Waals surface area contributed by atoms with Gasteiger partial charge in [0.25, 0.3) is 0 Å². The van der Waals surface area contributed by atoms with Crippen molar-refractivity contribution in [2.75, 3.05) is 0 Å². The van der Waals surface area contributed by atoms with Crippen LogP contribution in [0, 0.1) is 23.7 Å². The lowest BCUT2D eigenvalue weighted by molar-refractivity contribution is -0.160. The first-order valence-electron chi connectivity index (χ1n) is 12.4. The summed E-state index contributed by atoms with van der Waals surface area (Å²) in [7, 11) is -1.96. The molecule has 1 fully saturated rings. The molecule has 0 radical (unpaired) electrons. The van der Waals surface area contributed by atoms with Crippen LogP contribution in [-0.4, -0.2) is 38.0 Å². The van der Waals surface area contributed by atoms with E-state index in [9.17, 15) is 9.59 Å². The maximum atomic E-state index is 12.4. The number of carbonyl (C=O) groups is 2. The first-order valence-corrected chi connectivity index (χ1v) is 15.7. The standard InChI is InChI=1S/C26H41ClO5Si/c1-16-12-18-9-8-17(2)21(24(18)22(13-16)31-25(27)29)11-10-19-14-20(15-23(28)30-19)32-33(6,7)26(3,4)5/h8-9,12,16-17,19-22,24H,10-11,13-15H2,1-7H3/t16-,17-,19+,20+,21-,22-,24-/m0/s1. The summed E-state index contributed by atoms with van der Waals surface area (Å²) in [6.45, 7) is 15.5. The van der Waals surface area contributed by atoms with Crippen molar-refractivity contribution in [1.82, 2.24) is 0 Å². The molecule has 7 atom stereocenters. The van der Waals surface area contributed by atoms with E-state index in [1.54, 1.807) is 0 Å². The Bertz CT molecular complexity index is 799. The molecule has 33 heavy (non-hydrogen) atoms. The van der Waals surface area contributed by atoms with Crippen LogP contribution in [0.3, 0.4) is 0 Å². The smallest absolute Gasteiger partial charge is 0.404 e. The Balaban J connectivity index is 1.69. The van der Waals surface area contributed by atoms with Crippen LogP contribution in [-0.2, 0) is 18.7 Å². The molecule has 0 aromatic rings. The fourth-order valence-electron chi connectivity index (χ4n) is 5.42. The summed E-state index contributed by atoms with van der Waals surface area (Å²) in [5, 5.41) is 0.101. The van der Waals surface area contributed by atoms with Crippen molar-refractivity contribution >= 4 is 31.3 Å². The second-order valence-electron chi connectivity index (χ2n) is 11.8. The third-order valence-electron chi connectivity index (χ3n) is 8.15. The van der Waals surface area contributed by atoms with Crippen molar-refractivity contribution < 1.29 is 23.5 Å². The summed E-state index contributed by atoms with van der Waals surface area (Å²) in [5.74, 6) is 0.948. The Kier molecular flexibility index (Phi) is 8.23. The van der Waals surface area contributed by atoms with Crippen molar-refractivity contribution in [2.45, 2.75) is 103 Å². The van der Waals surface area contributed by atoms with Gasteiger partial charge < -0.3 is 13.9 Å². The zero-order chi connectivity index (χ0) is 24.6. The number of cyclic esters (lactones) is 1. The topological polar surface area (TPSA) is 61.8 Å². The van der Waals surface area contributed by atoms with E-state index >= 15 is 0 Å². The van der Waals surface area contributed by atoms with Crippen LogP contribution in [0.2, 0.25) is 18.1 Å². The molecule has 0 spiro atoms. The Hall–Kier alpha value is -1.11. The van der Waals surface area contributed by atoms with Gasteiger partial charge in [-0.15, -0.1) is 0 Å². The van der Waals surface area contributed by atoms with Crippen LogP contribution in [0.1, 0.15) is 66.7 Å². The Morgan fingerprint density at radius 1 is 1.21 bits per heavy atom. The zero-order valence-corrected chi connectivity index (χ0v) is 23.0. The van der Waals surface area contributed by atoms with Crippen molar-refractivity contribution in [2.24, 2.45) is 23.7 Å². The molecule has 0 unspecified atom stereocenters. The average molecular weight is 497 g/mol. The van der Waals surface area contributed by atoms with E-state index in [0.717, 1.165) is 25.7 Å². The van der Waals surface area contributed by atoms with Crippen molar-refractivity contribution in [3.63, 3.8) is 0 Å². The van der Waals surface area contributed by atoms with Gasteiger partial charge >= 0.3 is 11.4 Å². The molecule has 3 aliphatic rings. The van der Waals surface area contributed by atoms with Gasteiger partial charge in [0.2, 0.25) is 0 Å². The van der Waals surface area contributed by atoms with Gasteiger partial charge in [0, 0.05) is 23.9 Å². The van der Waals surface area contributed by atoms with Gasteiger partial charge in [0.05, 0.1) is 12.5 Å². The van der Waals surface area contributed by atoms with Gasteiger partial charge in [-0.25, -0.2) is 4.79 Å². The molecule has 5 nitrogen and oxygen atoms in total. The second kappa shape index (κ2) is 10.2. The van der Waals surface area contributed by atoms with Crippen molar-refractivity contribution in [3.8, 4) is 0 Å². The van der Waals surface area contributed by atoms with E-state index in [2.05, 4.69) is 65.9 Å². The van der Waals surface area contributed by atoms with Crippen LogP contribution >= 0.6 is 11.6 Å². The van der Waals surface area contributed by atoms with Gasteiger partial charge in [-0.2, -0.15) is 0 Å². The number of hydrogen-bond acceptors (Lipinski definition) is 5. The number of fused-ring (bicyclic) bond motifs is 1. The van der Waals surface area contributed by atoms with E-state index < -0.39 is 13.7 Å². The predicted molar refractivity (Wildman–Crippen MR) is 134 cm³/mol. The quantitative estimate of drug-likeness (QED) is 0.225. The molecule has 7 heteroatoms. The molecule has 186 valence electrons. The summed E-state index contributed by atoms with van der Waals surface area (Å²) in [6, 6.07) is 0. The number of ether oxygens (including phenoxy) is 2. The molecule has 3 rings (SSSR count). The Morgan fingerprint density at radius 3 is 2.55 bits per heavy atom. The van der Waals surface area contributed by atoms with E-state index in [0.29, 0.717) is 24.2 Å². The van der Waals surface area contributed by atoms with E-state index in [-0.39, 0.29) is 35.2 Å². The van der Waals surface area contributed by atoms with Gasteiger partial charge in [-0.3, -0.25) is 4.79 Å². The molecule has 0 N–H and O–H groups in total. The van der Waals surface area contributed by atoms with Gasteiger partial charge in [-0.05, 0) is 60.7 Å². The molecule has 1 aliphatic heterocycles. The van der Waals surface area contributed by atoms with Gasteiger partial charge in [-0.1, -0.05) is 52.8 Å². The highest BCUT2D eigenvalue weighted by Gasteiger charge is 2.43. The van der Waals surface area contributed by atoms with Crippen LogP contribution < -0.4 is 0 Å². The molecule has 2 aliphatic carbocycles. The Morgan fingerprint density at radius 2 is 1.91 bits per heavy atom. The number of esters is 1. The molecule has 0 amide bonds. The van der Waals surface area contributed by atoms with E-state index in [4.69, 9.17) is 25.5 Å². The highest BCUT2D eigenvalue weighted by molar-refractivity contribution is 6.74. The molecule has 0 saturated carbocycles.